The maximum Gasteiger partial charge on any atom is 0.251 e. The monoisotopic (exact) mass is 240 g/mol. The fourth-order valence-electron chi connectivity index (χ4n) is 2.86. The average Bonchev–Trinajstić information content (AvgIpc) is 2.40. The first-order valence-electron chi connectivity index (χ1n) is 6.86. The van der Waals surface area contributed by atoms with Crippen molar-refractivity contribution < 1.29 is 9.53 Å². The fourth-order valence-corrected chi connectivity index (χ4v) is 2.86. The quantitative estimate of drug-likeness (QED) is 0.800. The highest BCUT2D eigenvalue weighted by Crippen LogP contribution is 2.20. The molecule has 0 aromatic heterocycles. The van der Waals surface area contributed by atoms with E-state index < -0.39 is 0 Å². The number of piperidine rings is 1. The molecule has 2 aliphatic heterocycles. The predicted molar refractivity (Wildman–Crippen MR) is 66.8 cm³/mol. The number of hydrogen-bond donors (Lipinski definition) is 1. The minimum absolute atomic E-state index is 0.155. The summed E-state index contributed by atoms with van der Waals surface area (Å²) in [6, 6.07) is 0. The molecular formula is C13H24N2O2. The van der Waals surface area contributed by atoms with Crippen LogP contribution in [0.15, 0.2) is 0 Å². The van der Waals surface area contributed by atoms with Crippen LogP contribution < -0.4 is 5.32 Å². The molecule has 17 heavy (non-hydrogen) atoms. The van der Waals surface area contributed by atoms with Crippen molar-refractivity contribution in [1.29, 1.82) is 0 Å². The third-order valence-electron chi connectivity index (χ3n) is 3.78. The zero-order valence-electron chi connectivity index (χ0n) is 10.8. The Morgan fingerprint density at radius 1 is 1.35 bits per heavy atom. The van der Waals surface area contributed by atoms with E-state index in [1.54, 1.807) is 0 Å². The van der Waals surface area contributed by atoms with Crippen LogP contribution in [0.25, 0.3) is 0 Å². The van der Waals surface area contributed by atoms with Crippen LogP contribution in [0.3, 0.4) is 0 Å². The molecule has 2 fully saturated rings. The van der Waals surface area contributed by atoms with Gasteiger partial charge in [-0.05, 0) is 51.6 Å². The number of carbonyl (C=O) groups is 1. The number of rotatable bonds is 3. The van der Waals surface area contributed by atoms with Crippen molar-refractivity contribution in [2.75, 3.05) is 33.3 Å². The van der Waals surface area contributed by atoms with Gasteiger partial charge in [-0.2, -0.15) is 0 Å². The molecule has 1 amide bonds. The average molecular weight is 240 g/mol. The number of hydrogen-bond acceptors (Lipinski definition) is 3. The second kappa shape index (κ2) is 6.36. The highest BCUT2D eigenvalue weighted by molar-refractivity contribution is 5.81. The molecule has 0 spiro atoms. The molecule has 0 saturated carbocycles. The first kappa shape index (κ1) is 12.8. The molecule has 98 valence electrons. The van der Waals surface area contributed by atoms with Crippen LogP contribution in [0.4, 0.5) is 0 Å². The van der Waals surface area contributed by atoms with Gasteiger partial charge in [0.15, 0.2) is 0 Å². The first-order chi connectivity index (χ1) is 8.31. The third kappa shape index (κ3) is 3.42. The van der Waals surface area contributed by atoms with Gasteiger partial charge in [-0.1, -0.05) is 0 Å². The van der Waals surface area contributed by atoms with Crippen LogP contribution in [-0.4, -0.2) is 50.2 Å². The Morgan fingerprint density at radius 3 is 2.94 bits per heavy atom. The summed E-state index contributed by atoms with van der Waals surface area (Å²) in [6.45, 7) is 3.58. The van der Waals surface area contributed by atoms with E-state index >= 15 is 0 Å². The largest absolute Gasteiger partial charge is 0.368 e. The third-order valence-corrected chi connectivity index (χ3v) is 3.78. The number of nitrogens with one attached hydrogen (secondary N) is 1. The zero-order chi connectivity index (χ0) is 12.1. The number of amides is 1. The summed E-state index contributed by atoms with van der Waals surface area (Å²) < 4.78 is 5.58. The number of carbonyl (C=O) groups excluding carboxylic acids is 1. The van der Waals surface area contributed by atoms with Gasteiger partial charge < -0.3 is 15.0 Å². The summed E-state index contributed by atoms with van der Waals surface area (Å²) in [6.07, 6.45) is 5.35. The Balaban J connectivity index is 1.85. The smallest absolute Gasteiger partial charge is 0.251 e. The van der Waals surface area contributed by atoms with Crippen LogP contribution >= 0.6 is 0 Å². The van der Waals surface area contributed by atoms with Crippen molar-refractivity contribution in [3.8, 4) is 0 Å². The molecule has 2 atom stereocenters. The van der Waals surface area contributed by atoms with Crippen molar-refractivity contribution in [1.82, 2.24) is 10.2 Å². The molecule has 2 unspecified atom stereocenters. The van der Waals surface area contributed by atoms with E-state index in [2.05, 4.69) is 5.32 Å². The van der Waals surface area contributed by atoms with Crippen LogP contribution in [-0.2, 0) is 9.53 Å². The number of nitrogens with zero attached hydrogens (tertiary/aromatic N) is 1. The Hall–Kier alpha value is -0.610. The fraction of sp³-hybridized carbons (Fsp3) is 0.923. The molecule has 2 saturated heterocycles. The molecule has 4 heteroatoms. The normalized spacial score (nSPS) is 30.3. The van der Waals surface area contributed by atoms with Crippen LogP contribution in [0.1, 0.15) is 32.1 Å². The van der Waals surface area contributed by atoms with Gasteiger partial charge in [0.25, 0.3) is 5.91 Å². The molecular weight excluding hydrogens is 216 g/mol. The summed E-state index contributed by atoms with van der Waals surface area (Å²) in [5.41, 5.74) is 0. The Bertz CT molecular complexity index is 250. The van der Waals surface area contributed by atoms with E-state index in [0.29, 0.717) is 5.92 Å². The van der Waals surface area contributed by atoms with Crippen molar-refractivity contribution in [3.63, 3.8) is 0 Å². The van der Waals surface area contributed by atoms with Crippen molar-refractivity contribution in [2.24, 2.45) is 5.92 Å². The molecule has 0 bridgehead atoms. The van der Waals surface area contributed by atoms with E-state index in [0.717, 1.165) is 51.9 Å². The van der Waals surface area contributed by atoms with Crippen LogP contribution in [0.5, 0.6) is 0 Å². The maximum absolute atomic E-state index is 12.3. The van der Waals surface area contributed by atoms with E-state index in [-0.39, 0.29) is 12.0 Å². The molecule has 0 aliphatic carbocycles. The van der Waals surface area contributed by atoms with Crippen LogP contribution in [0.2, 0.25) is 0 Å². The minimum Gasteiger partial charge on any atom is -0.368 e. The molecule has 0 aromatic carbocycles. The highest BCUT2D eigenvalue weighted by Gasteiger charge is 2.30. The second-order valence-electron chi connectivity index (χ2n) is 5.21. The summed E-state index contributed by atoms with van der Waals surface area (Å²) in [5.74, 6) is 0.840. The van der Waals surface area contributed by atoms with Crippen molar-refractivity contribution >= 4 is 5.91 Å². The molecule has 2 rings (SSSR count). The summed E-state index contributed by atoms with van der Waals surface area (Å²) >= 11 is 0. The van der Waals surface area contributed by atoms with Gasteiger partial charge in [0, 0.05) is 19.7 Å². The maximum atomic E-state index is 12.3. The van der Waals surface area contributed by atoms with E-state index in [9.17, 15) is 4.79 Å². The zero-order valence-corrected chi connectivity index (χ0v) is 10.8. The van der Waals surface area contributed by atoms with Crippen LogP contribution in [0, 0.1) is 5.92 Å². The predicted octanol–water partition coefficient (Wildman–Crippen LogP) is 1.01. The summed E-state index contributed by atoms with van der Waals surface area (Å²) in [4.78, 5) is 14.3. The van der Waals surface area contributed by atoms with Crippen molar-refractivity contribution in [2.45, 2.75) is 38.2 Å². The molecule has 1 N–H and O–H groups in total. The standard InChI is InChI=1S/C13H24N2O2/c1-14-9-11-5-4-7-15(10-11)13(16)12-6-2-3-8-17-12/h11-12,14H,2-10H2,1H3. The SMILES string of the molecule is CNCC1CCCN(C(=O)C2CCCCO2)C1. The van der Waals surface area contributed by atoms with Gasteiger partial charge in [0.05, 0.1) is 0 Å². The Kier molecular flexibility index (Phi) is 4.80. The Morgan fingerprint density at radius 2 is 2.24 bits per heavy atom. The van der Waals surface area contributed by atoms with Gasteiger partial charge >= 0.3 is 0 Å². The lowest BCUT2D eigenvalue weighted by molar-refractivity contribution is -0.148. The molecule has 0 radical (unpaired) electrons. The summed E-state index contributed by atoms with van der Waals surface area (Å²) in [5, 5.41) is 3.21. The molecule has 4 nitrogen and oxygen atoms in total. The lowest BCUT2D eigenvalue weighted by Crippen LogP contribution is -2.47. The van der Waals surface area contributed by atoms with Crippen molar-refractivity contribution in [3.05, 3.63) is 0 Å². The van der Waals surface area contributed by atoms with E-state index in [1.165, 1.54) is 6.42 Å². The number of ether oxygens (including phenoxy) is 1. The minimum atomic E-state index is -0.155. The van der Waals surface area contributed by atoms with Gasteiger partial charge in [-0.3, -0.25) is 4.79 Å². The molecule has 2 heterocycles. The van der Waals surface area contributed by atoms with E-state index in [4.69, 9.17) is 4.74 Å². The molecule has 2 aliphatic rings. The first-order valence-corrected chi connectivity index (χ1v) is 6.86. The number of likely N-dealkylation sites (tertiary alicyclic amines) is 1. The second-order valence-corrected chi connectivity index (χ2v) is 5.21. The van der Waals surface area contributed by atoms with Gasteiger partial charge in [-0.15, -0.1) is 0 Å². The topological polar surface area (TPSA) is 41.6 Å². The molecule has 0 aromatic rings. The van der Waals surface area contributed by atoms with Gasteiger partial charge in [-0.25, -0.2) is 0 Å². The summed E-state index contributed by atoms with van der Waals surface area (Å²) in [7, 11) is 1.98. The highest BCUT2D eigenvalue weighted by atomic mass is 16.5. The lowest BCUT2D eigenvalue weighted by Gasteiger charge is -2.35. The van der Waals surface area contributed by atoms with E-state index in [1.807, 2.05) is 11.9 Å². The van der Waals surface area contributed by atoms with Gasteiger partial charge in [0.1, 0.15) is 6.10 Å². The lowest BCUT2D eigenvalue weighted by atomic mass is 9.97. The van der Waals surface area contributed by atoms with Gasteiger partial charge in [0.2, 0.25) is 0 Å². The Labute approximate surface area is 104 Å².